The molecule has 2 aromatic rings. The maximum atomic E-state index is 13.7. The van der Waals surface area contributed by atoms with Crippen molar-refractivity contribution in [2.45, 2.75) is 50.5 Å². The Balaban J connectivity index is 1.92. The molecule has 2 heterocycles. The highest BCUT2D eigenvalue weighted by atomic mass is 19.1. The lowest BCUT2D eigenvalue weighted by molar-refractivity contribution is 0.386. The van der Waals surface area contributed by atoms with Gasteiger partial charge in [0.15, 0.2) is 0 Å². The van der Waals surface area contributed by atoms with E-state index >= 15 is 0 Å². The van der Waals surface area contributed by atoms with Crippen molar-refractivity contribution in [3.63, 3.8) is 0 Å². The average molecular weight is 287 g/mol. The minimum atomic E-state index is -0.162. The molecule has 21 heavy (non-hydrogen) atoms. The molecule has 0 bridgehead atoms. The number of aromatic nitrogens is 2. The van der Waals surface area contributed by atoms with Crippen LogP contribution in [0.1, 0.15) is 50.9 Å². The van der Waals surface area contributed by atoms with E-state index in [1.54, 1.807) is 6.07 Å². The standard InChI is InChI=1S/C17H22FN3/c1-2-7-17(8-9-19-11-17)16-20-14-6-3-12(18)10-15(14)21(16)13-4-5-13/h3,6,10,13,19H,2,4-5,7-9,11H2,1H3. The molecule has 1 aliphatic carbocycles. The van der Waals surface area contributed by atoms with Crippen LogP contribution in [0.4, 0.5) is 4.39 Å². The minimum Gasteiger partial charge on any atom is -0.324 e. The van der Waals surface area contributed by atoms with Gasteiger partial charge in [-0.1, -0.05) is 13.3 Å². The van der Waals surface area contributed by atoms with E-state index in [-0.39, 0.29) is 11.2 Å². The second kappa shape index (κ2) is 4.80. The predicted octanol–water partition coefficient (Wildman–Crippen LogP) is 3.54. The molecule has 112 valence electrons. The zero-order chi connectivity index (χ0) is 14.4. The van der Waals surface area contributed by atoms with Gasteiger partial charge in [0.25, 0.3) is 0 Å². The monoisotopic (exact) mass is 287 g/mol. The van der Waals surface area contributed by atoms with Crippen molar-refractivity contribution in [1.82, 2.24) is 14.9 Å². The number of rotatable bonds is 4. The molecule has 3 nitrogen and oxygen atoms in total. The number of halogens is 1. The van der Waals surface area contributed by atoms with Crippen molar-refractivity contribution < 1.29 is 4.39 Å². The van der Waals surface area contributed by atoms with E-state index in [4.69, 9.17) is 4.98 Å². The Kier molecular flexibility index (Phi) is 3.03. The lowest BCUT2D eigenvalue weighted by atomic mass is 9.81. The van der Waals surface area contributed by atoms with Crippen LogP contribution < -0.4 is 5.32 Å². The Bertz CT molecular complexity index is 666. The summed E-state index contributed by atoms with van der Waals surface area (Å²) in [6, 6.07) is 5.54. The lowest BCUT2D eigenvalue weighted by Gasteiger charge is -2.28. The van der Waals surface area contributed by atoms with Crippen LogP contribution in [0.15, 0.2) is 18.2 Å². The van der Waals surface area contributed by atoms with E-state index in [0.717, 1.165) is 43.4 Å². The molecule has 4 rings (SSSR count). The lowest BCUT2D eigenvalue weighted by Crippen LogP contribution is -2.32. The van der Waals surface area contributed by atoms with Gasteiger partial charge in [-0.05, 0) is 50.4 Å². The maximum Gasteiger partial charge on any atom is 0.125 e. The van der Waals surface area contributed by atoms with Crippen molar-refractivity contribution in [1.29, 1.82) is 0 Å². The van der Waals surface area contributed by atoms with Crippen LogP contribution in [-0.2, 0) is 5.41 Å². The molecule has 1 unspecified atom stereocenters. The van der Waals surface area contributed by atoms with E-state index in [1.165, 1.54) is 24.7 Å². The van der Waals surface area contributed by atoms with Gasteiger partial charge in [0, 0.05) is 18.0 Å². The second-order valence-electron chi connectivity index (χ2n) is 6.63. The summed E-state index contributed by atoms with van der Waals surface area (Å²) in [5.41, 5.74) is 2.06. The van der Waals surface area contributed by atoms with E-state index in [1.807, 2.05) is 6.07 Å². The maximum absolute atomic E-state index is 13.7. The summed E-state index contributed by atoms with van der Waals surface area (Å²) in [6.45, 7) is 4.30. The molecule has 2 fully saturated rings. The summed E-state index contributed by atoms with van der Waals surface area (Å²) in [5.74, 6) is 1.03. The van der Waals surface area contributed by atoms with Crippen molar-refractivity contribution in [2.75, 3.05) is 13.1 Å². The summed E-state index contributed by atoms with van der Waals surface area (Å²) in [4.78, 5) is 4.94. The number of imidazole rings is 1. The van der Waals surface area contributed by atoms with Gasteiger partial charge in [-0.2, -0.15) is 0 Å². The van der Waals surface area contributed by atoms with E-state index in [9.17, 15) is 4.39 Å². The third kappa shape index (κ3) is 2.08. The Hall–Kier alpha value is -1.42. The van der Waals surface area contributed by atoms with Crippen LogP contribution in [0.5, 0.6) is 0 Å². The van der Waals surface area contributed by atoms with Crippen LogP contribution in [0.25, 0.3) is 11.0 Å². The zero-order valence-corrected chi connectivity index (χ0v) is 12.5. The number of nitrogens with one attached hydrogen (secondary N) is 1. The third-order valence-corrected chi connectivity index (χ3v) is 5.01. The smallest absolute Gasteiger partial charge is 0.125 e. The first-order chi connectivity index (χ1) is 10.2. The largest absolute Gasteiger partial charge is 0.324 e. The molecule has 1 N–H and O–H groups in total. The molecular weight excluding hydrogens is 265 g/mol. The SMILES string of the molecule is CCCC1(c2nc3ccc(F)cc3n2C2CC2)CCNC1. The van der Waals surface area contributed by atoms with Gasteiger partial charge in [-0.3, -0.25) is 0 Å². The molecule has 1 aromatic heterocycles. The van der Waals surface area contributed by atoms with E-state index in [0.29, 0.717) is 6.04 Å². The summed E-state index contributed by atoms with van der Waals surface area (Å²) in [6.07, 6.45) is 5.84. The summed E-state index contributed by atoms with van der Waals surface area (Å²) >= 11 is 0. The third-order valence-electron chi connectivity index (χ3n) is 5.01. The van der Waals surface area contributed by atoms with Crippen LogP contribution in [0, 0.1) is 5.82 Å². The molecule has 1 saturated heterocycles. The summed E-state index contributed by atoms with van der Waals surface area (Å²) < 4.78 is 16.0. The summed E-state index contributed by atoms with van der Waals surface area (Å²) in [7, 11) is 0. The van der Waals surface area contributed by atoms with Gasteiger partial charge in [-0.15, -0.1) is 0 Å². The quantitative estimate of drug-likeness (QED) is 0.932. The number of hydrogen-bond acceptors (Lipinski definition) is 2. The number of nitrogens with zero attached hydrogens (tertiary/aromatic N) is 2. The fourth-order valence-corrected chi connectivity index (χ4v) is 3.88. The van der Waals surface area contributed by atoms with Crippen LogP contribution >= 0.6 is 0 Å². The number of benzene rings is 1. The van der Waals surface area contributed by atoms with Gasteiger partial charge in [0.05, 0.1) is 11.0 Å². The first-order valence-corrected chi connectivity index (χ1v) is 8.12. The second-order valence-corrected chi connectivity index (χ2v) is 6.63. The van der Waals surface area contributed by atoms with Crippen molar-refractivity contribution in [2.24, 2.45) is 0 Å². The molecule has 0 radical (unpaired) electrons. The van der Waals surface area contributed by atoms with Crippen molar-refractivity contribution in [3.8, 4) is 0 Å². The van der Waals surface area contributed by atoms with Crippen molar-refractivity contribution >= 4 is 11.0 Å². The van der Waals surface area contributed by atoms with Gasteiger partial charge >= 0.3 is 0 Å². The highest BCUT2D eigenvalue weighted by molar-refractivity contribution is 5.76. The Morgan fingerprint density at radius 3 is 2.95 bits per heavy atom. The summed E-state index contributed by atoms with van der Waals surface area (Å²) in [5, 5.41) is 3.51. The topological polar surface area (TPSA) is 29.9 Å². The fourth-order valence-electron chi connectivity index (χ4n) is 3.88. The van der Waals surface area contributed by atoms with Gasteiger partial charge in [0.1, 0.15) is 11.6 Å². The zero-order valence-electron chi connectivity index (χ0n) is 12.5. The normalized spacial score (nSPS) is 25.8. The molecule has 0 amide bonds. The number of hydrogen-bond donors (Lipinski definition) is 1. The van der Waals surface area contributed by atoms with E-state index in [2.05, 4.69) is 16.8 Å². The van der Waals surface area contributed by atoms with Crippen molar-refractivity contribution in [3.05, 3.63) is 29.8 Å². The van der Waals surface area contributed by atoms with Crippen LogP contribution in [0.3, 0.4) is 0 Å². The Morgan fingerprint density at radius 1 is 1.43 bits per heavy atom. The number of fused-ring (bicyclic) bond motifs is 1. The molecule has 0 spiro atoms. The Morgan fingerprint density at radius 2 is 2.29 bits per heavy atom. The highest BCUT2D eigenvalue weighted by Crippen LogP contribution is 2.44. The van der Waals surface area contributed by atoms with Crippen LogP contribution in [0.2, 0.25) is 0 Å². The minimum absolute atomic E-state index is 0.132. The molecule has 4 heteroatoms. The molecule has 1 aliphatic heterocycles. The Labute approximate surface area is 124 Å². The fraction of sp³-hybridized carbons (Fsp3) is 0.588. The molecular formula is C17H22FN3. The molecule has 1 atom stereocenters. The average Bonchev–Trinajstić information content (AvgIpc) is 3.07. The van der Waals surface area contributed by atoms with Gasteiger partial charge in [-0.25, -0.2) is 9.37 Å². The van der Waals surface area contributed by atoms with Gasteiger partial charge < -0.3 is 9.88 Å². The molecule has 1 aromatic carbocycles. The first-order valence-electron chi connectivity index (χ1n) is 8.12. The van der Waals surface area contributed by atoms with Crippen LogP contribution in [-0.4, -0.2) is 22.6 Å². The van der Waals surface area contributed by atoms with Gasteiger partial charge in [0.2, 0.25) is 0 Å². The first kappa shape index (κ1) is 13.3. The predicted molar refractivity (Wildman–Crippen MR) is 82.0 cm³/mol. The van der Waals surface area contributed by atoms with E-state index < -0.39 is 0 Å². The molecule has 1 saturated carbocycles. The molecule has 2 aliphatic rings. The highest BCUT2D eigenvalue weighted by Gasteiger charge is 2.42.